The van der Waals surface area contributed by atoms with Crippen molar-refractivity contribution < 1.29 is 9.81 Å². The number of nitrogens with zero attached hydrogens (tertiary/aromatic N) is 4. The number of benzene rings is 1. The molecule has 2 heterocycles. The fourth-order valence-electron chi connectivity index (χ4n) is 4.78. The van der Waals surface area contributed by atoms with Crippen molar-refractivity contribution >= 4 is 16.5 Å². The van der Waals surface area contributed by atoms with Gasteiger partial charge in [0.05, 0.1) is 11.9 Å². The molecule has 0 N–H and O–H groups in total. The summed E-state index contributed by atoms with van der Waals surface area (Å²) in [6, 6.07) is 10.3. The fourth-order valence-corrected chi connectivity index (χ4v) is 5.55. The van der Waals surface area contributed by atoms with Gasteiger partial charge in [0, 0.05) is 12.1 Å². The van der Waals surface area contributed by atoms with E-state index in [1.54, 1.807) is 16.3 Å². The van der Waals surface area contributed by atoms with Gasteiger partial charge in [-0.3, -0.25) is 0 Å². The predicted octanol–water partition coefficient (Wildman–Crippen LogP) is 4.65. The maximum Gasteiger partial charge on any atom is 0.284 e. The van der Waals surface area contributed by atoms with Crippen molar-refractivity contribution in [3.8, 4) is 10.4 Å². The van der Waals surface area contributed by atoms with E-state index in [0.717, 1.165) is 22.5 Å². The lowest BCUT2D eigenvalue weighted by molar-refractivity contribution is -0.917. The largest absolute Gasteiger partial charge is 0.284 e. The van der Waals surface area contributed by atoms with Crippen LogP contribution in [0.4, 0.5) is 5.13 Å². The summed E-state index contributed by atoms with van der Waals surface area (Å²) in [5, 5.41) is 7.50. The Morgan fingerprint density at radius 3 is 2.76 bits per heavy atom. The Bertz CT molecular complexity index is 797. The zero-order valence-electron chi connectivity index (χ0n) is 14.5. The monoisotopic (exact) mass is 355 g/mol. The van der Waals surface area contributed by atoms with E-state index in [9.17, 15) is 0 Å². The summed E-state index contributed by atoms with van der Waals surface area (Å²) in [5.41, 5.74) is 1.15. The van der Waals surface area contributed by atoms with E-state index >= 15 is 0 Å². The summed E-state index contributed by atoms with van der Waals surface area (Å²) >= 11 is 1.60. The number of likely N-dealkylation sites (N-methyl/N-ethyl adjacent to an activating group) is 1. The minimum atomic E-state index is -0.0288. The van der Waals surface area contributed by atoms with Gasteiger partial charge >= 0.3 is 0 Å². The highest BCUT2D eigenvalue weighted by Gasteiger charge is 2.59. The van der Waals surface area contributed by atoms with Crippen LogP contribution in [0, 0.1) is 11.8 Å². The molecular weight excluding hydrogens is 332 g/mol. The van der Waals surface area contributed by atoms with Crippen molar-refractivity contribution in [3.63, 3.8) is 0 Å². The molecule has 2 bridgehead atoms. The standard InChI is InChI=1S/C19H23N4OS/c1-22-13-19(11-14-7-9-16(19)10-8-14)24-23(22)21-18-20-12-17(25-18)15-5-3-2-4-6-15/h2-6,12,14,16H,7-11,13H2,1H3/q+1/t14?,16?,19-/m0/s1. The van der Waals surface area contributed by atoms with Crippen molar-refractivity contribution in [1.82, 2.24) is 9.99 Å². The van der Waals surface area contributed by atoms with Crippen LogP contribution < -0.4 is 0 Å². The molecule has 1 atom stereocenters. The molecule has 0 unspecified atom stereocenters. The Kier molecular flexibility index (Phi) is 3.55. The first-order valence-electron chi connectivity index (χ1n) is 9.15. The maximum absolute atomic E-state index is 6.41. The molecule has 0 amide bonds. The zero-order valence-corrected chi connectivity index (χ0v) is 15.3. The maximum atomic E-state index is 6.41. The van der Waals surface area contributed by atoms with Crippen molar-refractivity contribution in [2.24, 2.45) is 17.0 Å². The van der Waals surface area contributed by atoms with Crippen LogP contribution in [-0.4, -0.2) is 34.2 Å². The lowest BCUT2D eigenvalue weighted by atomic mass is 9.62. The summed E-state index contributed by atoms with van der Waals surface area (Å²) in [7, 11) is 2.06. The number of aromatic nitrogens is 1. The van der Waals surface area contributed by atoms with E-state index in [1.165, 1.54) is 37.7 Å². The number of hydrogen-bond acceptors (Lipinski definition) is 4. The quantitative estimate of drug-likeness (QED) is 0.737. The van der Waals surface area contributed by atoms with Crippen LogP contribution in [-0.2, 0) is 4.84 Å². The molecule has 1 aromatic carbocycles. The Morgan fingerprint density at radius 1 is 1.24 bits per heavy atom. The SMILES string of the molecule is CN1C[C@]2(CC3CCC2CC3)O[N+]1=Nc1ncc(-c2ccccc2)s1. The molecule has 1 spiro atoms. The molecule has 25 heavy (non-hydrogen) atoms. The van der Waals surface area contributed by atoms with Gasteiger partial charge in [-0.15, -0.1) is 5.01 Å². The molecule has 4 aliphatic rings. The van der Waals surface area contributed by atoms with E-state index in [-0.39, 0.29) is 5.60 Å². The van der Waals surface area contributed by atoms with Crippen molar-refractivity contribution in [1.29, 1.82) is 0 Å². The molecule has 6 rings (SSSR count). The number of thiazole rings is 1. The normalized spacial score (nSPS) is 32.5. The highest BCUT2D eigenvalue weighted by atomic mass is 32.1. The fraction of sp³-hybridized carbons (Fsp3) is 0.526. The second kappa shape index (κ2) is 5.80. The molecule has 1 saturated heterocycles. The van der Waals surface area contributed by atoms with Gasteiger partial charge in [0.15, 0.2) is 0 Å². The van der Waals surface area contributed by atoms with Crippen LogP contribution in [0.1, 0.15) is 32.1 Å². The number of rotatable bonds is 2. The van der Waals surface area contributed by atoms with Gasteiger partial charge in [-0.05, 0) is 43.6 Å². The van der Waals surface area contributed by atoms with E-state index in [2.05, 4.69) is 34.3 Å². The van der Waals surface area contributed by atoms with Crippen LogP contribution in [0.3, 0.4) is 0 Å². The Labute approximate surface area is 151 Å². The minimum Gasteiger partial charge on any atom is -0.221 e. The highest BCUT2D eigenvalue weighted by molar-refractivity contribution is 7.18. The van der Waals surface area contributed by atoms with E-state index in [0.29, 0.717) is 5.92 Å². The number of fused-ring (bicyclic) bond motifs is 2. The van der Waals surface area contributed by atoms with Crippen LogP contribution in [0.15, 0.2) is 41.6 Å². The van der Waals surface area contributed by atoms with Crippen molar-refractivity contribution in [2.45, 2.75) is 37.7 Å². The third kappa shape index (κ3) is 2.63. The van der Waals surface area contributed by atoms with Gasteiger partial charge in [-0.1, -0.05) is 41.7 Å². The first-order chi connectivity index (χ1) is 12.2. The predicted molar refractivity (Wildman–Crippen MR) is 96.4 cm³/mol. The average Bonchev–Trinajstić information content (AvgIpc) is 3.22. The summed E-state index contributed by atoms with van der Waals surface area (Å²) in [6.07, 6.45) is 8.45. The highest BCUT2D eigenvalue weighted by Crippen LogP contribution is 2.51. The number of hydrogen-bond donors (Lipinski definition) is 0. The minimum absolute atomic E-state index is 0.0288. The van der Waals surface area contributed by atoms with E-state index in [1.807, 2.05) is 24.4 Å². The molecule has 130 valence electrons. The van der Waals surface area contributed by atoms with Crippen LogP contribution in [0.2, 0.25) is 0 Å². The topological polar surface area (TPSA) is 40.7 Å². The summed E-state index contributed by atoms with van der Waals surface area (Å²) in [5.74, 6) is 1.51. The van der Waals surface area contributed by atoms with Gasteiger partial charge in [0.2, 0.25) is 10.6 Å². The summed E-state index contributed by atoms with van der Waals surface area (Å²) in [6.45, 7) is 0.939. The molecule has 0 radical (unpaired) electrons. The zero-order chi connectivity index (χ0) is 16.9. The van der Waals surface area contributed by atoms with Crippen LogP contribution in [0.25, 0.3) is 10.4 Å². The molecule has 4 fully saturated rings. The molecule has 1 aliphatic heterocycles. The van der Waals surface area contributed by atoms with Crippen LogP contribution in [0.5, 0.6) is 0 Å². The second-order valence-electron chi connectivity index (χ2n) is 7.62. The smallest absolute Gasteiger partial charge is 0.221 e. The summed E-state index contributed by atoms with van der Waals surface area (Å²) < 4.78 is 0. The Hall–Kier alpha value is -1.95. The van der Waals surface area contributed by atoms with Crippen molar-refractivity contribution in [3.05, 3.63) is 36.5 Å². The van der Waals surface area contributed by atoms with Gasteiger partial charge in [-0.2, -0.15) is 0 Å². The average molecular weight is 355 g/mol. The molecule has 6 heteroatoms. The molecule has 1 aromatic heterocycles. The molecule has 3 saturated carbocycles. The van der Waals surface area contributed by atoms with Crippen molar-refractivity contribution in [2.75, 3.05) is 13.6 Å². The second-order valence-corrected chi connectivity index (χ2v) is 8.63. The third-order valence-corrected chi connectivity index (χ3v) is 6.93. The van der Waals surface area contributed by atoms with Gasteiger partial charge in [0.25, 0.3) is 5.13 Å². The lowest BCUT2D eigenvalue weighted by Crippen LogP contribution is -2.50. The molecule has 5 nitrogen and oxygen atoms in total. The van der Waals surface area contributed by atoms with Gasteiger partial charge in [-0.25, -0.2) is 9.82 Å². The summed E-state index contributed by atoms with van der Waals surface area (Å²) in [4.78, 5) is 13.7. The first kappa shape index (κ1) is 15.3. The van der Waals surface area contributed by atoms with Crippen LogP contribution >= 0.6 is 11.3 Å². The third-order valence-electron chi connectivity index (χ3n) is 6.00. The molecular formula is C19H23N4OS+. The first-order valence-corrected chi connectivity index (χ1v) is 9.97. The molecule has 2 aromatic rings. The Morgan fingerprint density at radius 2 is 2.04 bits per heavy atom. The Balaban J connectivity index is 1.39. The van der Waals surface area contributed by atoms with E-state index in [4.69, 9.17) is 4.84 Å². The lowest BCUT2D eigenvalue weighted by Gasteiger charge is -2.44. The van der Waals surface area contributed by atoms with E-state index < -0.39 is 0 Å². The molecule has 3 aliphatic carbocycles. The number of hydrazine groups is 1. The van der Waals surface area contributed by atoms with Gasteiger partial charge < -0.3 is 0 Å². The van der Waals surface area contributed by atoms with Gasteiger partial charge in [0.1, 0.15) is 11.7 Å².